The second kappa shape index (κ2) is 11.4. The van der Waals surface area contributed by atoms with Crippen LogP contribution in [0.15, 0.2) is 42.5 Å². The minimum atomic E-state index is -0.319. The Balaban J connectivity index is 2.33. The minimum Gasteiger partial charge on any atom is -0.377 e. The van der Waals surface area contributed by atoms with Crippen LogP contribution < -0.4 is 20.9 Å². The molecular formula is C24H34FN5O2. The molecule has 174 valence electrons. The predicted molar refractivity (Wildman–Crippen MR) is 127 cm³/mol. The quantitative estimate of drug-likeness (QED) is 0.561. The molecule has 0 aromatic heterocycles. The molecule has 0 heterocycles. The molecule has 0 aliphatic carbocycles. The first-order valence-electron chi connectivity index (χ1n) is 10.7. The standard InChI is InChI=1S/C24H34FN5O2/c1-16(2)26-23(31)28-21-11-12-22(29(5)6)19(13-21)15-30(24(32)27-17(3)4)14-18-7-9-20(25)10-8-18/h7-13,16-17H,14-15H2,1-6H3,(H,27,32)(H2,26,28,31). The van der Waals surface area contributed by atoms with Gasteiger partial charge < -0.3 is 25.8 Å². The molecule has 0 atom stereocenters. The minimum absolute atomic E-state index is 0.0152. The SMILES string of the molecule is CC(C)NC(=O)Nc1ccc(N(C)C)c(CN(Cc2ccc(F)cc2)C(=O)NC(C)C)c1. The Labute approximate surface area is 190 Å². The number of amides is 4. The number of urea groups is 2. The van der Waals surface area contributed by atoms with Gasteiger partial charge >= 0.3 is 12.1 Å². The van der Waals surface area contributed by atoms with Crippen LogP contribution in [0.4, 0.5) is 25.4 Å². The van der Waals surface area contributed by atoms with E-state index in [1.54, 1.807) is 17.0 Å². The summed E-state index contributed by atoms with van der Waals surface area (Å²) in [5, 5.41) is 8.57. The fraction of sp³-hybridized carbons (Fsp3) is 0.417. The highest BCUT2D eigenvalue weighted by Crippen LogP contribution is 2.25. The molecule has 3 N–H and O–H groups in total. The Bertz CT molecular complexity index is 913. The number of benzene rings is 2. The van der Waals surface area contributed by atoms with Crippen LogP contribution in [0, 0.1) is 5.82 Å². The fourth-order valence-electron chi connectivity index (χ4n) is 3.21. The Morgan fingerprint density at radius 1 is 0.906 bits per heavy atom. The average Bonchev–Trinajstić information content (AvgIpc) is 2.67. The van der Waals surface area contributed by atoms with Gasteiger partial charge in [-0.25, -0.2) is 14.0 Å². The second-order valence-electron chi connectivity index (χ2n) is 8.58. The van der Waals surface area contributed by atoms with E-state index in [-0.39, 0.29) is 30.0 Å². The maximum absolute atomic E-state index is 13.3. The van der Waals surface area contributed by atoms with Crippen LogP contribution in [-0.2, 0) is 13.1 Å². The molecule has 7 nitrogen and oxygen atoms in total. The Morgan fingerprint density at radius 3 is 2.09 bits per heavy atom. The van der Waals surface area contributed by atoms with Gasteiger partial charge in [0.25, 0.3) is 0 Å². The van der Waals surface area contributed by atoms with E-state index >= 15 is 0 Å². The van der Waals surface area contributed by atoms with E-state index in [9.17, 15) is 14.0 Å². The number of hydrogen-bond acceptors (Lipinski definition) is 3. The summed E-state index contributed by atoms with van der Waals surface area (Å²) in [6, 6.07) is 11.2. The van der Waals surface area contributed by atoms with Crippen LogP contribution in [0.25, 0.3) is 0 Å². The first-order valence-corrected chi connectivity index (χ1v) is 10.7. The van der Waals surface area contributed by atoms with Crippen molar-refractivity contribution >= 4 is 23.4 Å². The van der Waals surface area contributed by atoms with E-state index in [0.29, 0.717) is 18.8 Å². The smallest absolute Gasteiger partial charge is 0.319 e. The molecular weight excluding hydrogens is 409 g/mol. The Morgan fingerprint density at radius 2 is 1.53 bits per heavy atom. The summed E-state index contributed by atoms with van der Waals surface area (Å²) in [6.45, 7) is 8.21. The lowest BCUT2D eigenvalue weighted by molar-refractivity contribution is 0.189. The van der Waals surface area contributed by atoms with Crippen LogP contribution in [-0.4, -0.2) is 43.1 Å². The summed E-state index contributed by atoms with van der Waals surface area (Å²) < 4.78 is 13.3. The van der Waals surface area contributed by atoms with Crippen LogP contribution in [0.3, 0.4) is 0 Å². The highest BCUT2D eigenvalue weighted by atomic mass is 19.1. The highest BCUT2D eigenvalue weighted by Gasteiger charge is 2.18. The van der Waals surface area contributed by atoms with E-state index in [4.69, 9.17) is 0 Å². The van der Waals surface area contributed by atoms with Crippen molar-refractivity contribution in [3.05, 3.63) is 59.4 Å². The monoisotopic (exact) mass is 443 g/mol. The first-order chi connectivity index (χ1) is 15.0. The summed E-state index contributed by atoms with van der Waals surface area (Å²) in [5.41, 5.74) is 3.26. The molecule has 0 aliphatic rings. The molecule has 0 spiro atoms. The number of halogens is 1. The van der Waals surface area contributed by atoms with E-state index in [0.717, 1.165) is 16.8 Å². The second-order valence-corrected chi connectivity index (χ2v) is 8.58. The molecule has 2 aromatic carbocycles. The number of carbonyl (C=O) groups is 2. The Kier molecular flexibility index (Phi) is 8.87. The number of rotatable bonds is 8. The van der Waals surface area contributed by atoms with Gasteiger partial charge in [0.15, 0.2) is 0 Å². The maximum Gasteiger partial charge on any atom is 0.319 e. The molecule has 0 bridgehead atoms. The summed E-state index contributed by atoms with van der Waals surface area (Å²) >= 11 is 0. The molecule has 2 aromatic rings. The third kappa shape index (κ3) is 7.76. The van der Waals surface area contributed by atoms with E-state index in [2.05, 4.69) is 16.0 Å². The van der Waals surface area contributed by atoms with Crippen molar-refractivity contribution in [1.82, 2.24) is 15.5 Å². The van der Waals surface area contributed by atoms with Crippen LogP contribution >= 0.6 is 0 Å². The lowest BCUT2D eigenvalue weighted by atomic mass is 10.1. The molecule has 4 amide bonds. The summed E-state index contributed by atoms with van der Waals surface area (Å²) in [4.78, 5) is 28.7. The van der Waals surface area contributed by atoms with Crippen molar-refractivity contribution in [2.45, 2.75) is 52.9 Å². The predicted octanol–water partition coefficient (Wildman–Crippen LogP) is 4.54. The molecule has 2 rings (SSSR count). The van der Waals surface area contributed by atoms with Crippen molar-refractivity contribution < 1.29 is 14.0 Å². The zero-order valence-corrected chi connectivity index (χ0v) is 19.7. The largest absolute Gasteiger partial charge is 0.377 e. The average molecular weight is 444 g/mol. The molecule has 8 heteroatoms. The zero-order chi connectivity index (χ0) is 23.8. The van der Waals surface area contributed by atoms with E-state index in [1.807, 2.05) is 64.9 Å². The van der Waals surface area contributed by atoms with Crippen molar-refractivity contribution in [3.63, 3.8) is 0 Å². The third-order valence-corrected chi connectivity index (χ3v) is 4.59. The number of hydrogen-bond donors (Lipinski definition) is 3. The van der Waals surface area contributed by atoms with Gasteiger partial charge in [-0.1, -0.05) is 12.1 Å². The molecule has 0 radical (unpaired) electrons. The molecule has 0 unspecified atom stereocenters. The van der Waals surface area contributed by atoms with Crippen LogP contribution in [0.5, 0.6) is 0 Å². The van der Waals surface area contributed by atoms with Gasteiger partial charge in [0.05, 0.1) is 0 Å². The van der Waals surface area contributed by atoms with Gasteiger partial charge in [-0.15, -0.1) is 0 Å². The molecule has 0 fully saturated rings. The number of nitrogens with one attached hydrogen (secondary N) is 3. The lowest BCUT2D eigenvalue weighted by Gasteiger charge is -2.27. The number of nitrogens with zero attached hydrogens (tertiary/aromatic N) is 2. The molecule has 0 saturated heterocycles. The van der Waals surface area contributed by atoms with Gasteiger partial charge in [-0.2, -0.15) is 0 Å². The van der Waals surface area contributed by atoms with Gasteiger partial charge in [0, 0.05) is 50.6 Å². The van der Waals surface area contributed by atoms with Gasteiger partial charge in [0.2, 0.25) is 0 Å². The fourth-order valence-corrected chi connectivity index (χ4v) is 3.21. The third-order valence-electron chi connectivity index (χ3n) is 4.59. The highest BCUT2D eigenvalue weighted by molar-refractivity contribution is 5.90. The van der Waals surface area contributed by atoms with E-state index < -0.39 is 0 Å². The lowest BCUT2D eigenvalue weighted by Crippen LogP contribution is -2.42. The first kappa shape index (κ1) is 25.0. The van der Waals surface area contributed by atoms with E-state index in [1.165, 1.54) is 12.1 Å². The summed E-state index contributed by atoms with van der Waals surface area (Å²) in [7, 11) is 3.85. The summed E-state index contributed by atoms with van der Waals surface area (Å²) in [6.07, 6.45) is 0. The van der Waals surface area contributed by atoms with Crippen molar-refractivity contribution in [2.24, 2.45) is 0 Å². The Hall–Kier alpha value is -3.29. The summed E-state index contributed by atoms with van der Waals surface area (Å²) in [5.74, 6) is -0.319. The topological polar surface area (TPSA) is 76.7 Å². The van der Waals surface area contributed by atoms with Crippen molar-refractivity contribution in [1.29, 1.82) is 0 Å². The number of anilines is 2. The number of carbonyl (C=O) groups excluding carboxylic acids is 2. The zero-order valence-electron chi connectivity index (χ0n) is 19.7. The molecule has 32 heavy (non-hydrogen) atoms. The normalized spacial score (nSPS) is 10.8. The van der Waals surface area contributed by atoms with Crippen molar-refractivity contribution in [3.8, 4) is 0 Å². The van der Waals surface area contributed by atoms with Gasteiger partial charge in [0.1, 0.15) is 5.82 Å². The maximum atomic E-state index is 13.3. The van der Waals surface area contributed by atoms with Crippen LogP contribution in [0.2, 0.25) is 0 Å². The molecule has 0 aliphatic heterocycles. The van der Waals surface area contributed by atoms with Gasteiger partial charge in [-0.05, 0) is 69.2 Å². The van der Waals surface area contributed by atoms with Crippen LogP contribution in [0.1, 0.15) is 38.8 Å². The van der Waals surface area contributed by atoms with Crippen molar-refractivity contribution in [2.75, 3.05) is 24.3 Å². The molecule has 0 saturated carbocycles. The van der Waals surface area contributed by atoms with Gasteiger partial charge in [-0.3, -0.25) is 0 Å².